The fourth-order valence-corrected chi connectivity index (χ4v) is 2.88. The monoisotopic (exact) mass is 242 g/mol. The molecule has 0 radical (unpaired) electrons. The number of rotatable bonds is 2. The highest BCUT2D eigenvalue weighted by Gasteiger charge is 2.19. The third kappa shape index (κ3) is 2.05. The van der Waals surface area contributed by atoms with Crippen LogP contribution in [0.2, 0.25) is 0 Å². The smallest absolute Gasteiger partial charge is 0.119 e. The van der Waals surface area contributed by atoms with E-state index in [-0.39, 0.29) is 0 Å². The first-order valence-corrected chi connectivity index (χ1v) is 6.67. The highest BCUT2D eigenvalue weighted by molar-refractivity contribution is 5.82. The van der Waals surface area contributed by atoms with Gasteiger partial charge in [0.25, 0.3) is 0 Å². The molecule has 3 heteroatoms. The largest absolute Gasteiger partial charge is 0.497 e. The Balaban J connectivity index is 2.09. The first kappa shape index (κ1) is 11.5. The lowest BCUT2D eigenvalue weighted by Crippen LogP contribution is -2.07. The molecule has 0 amide bonds. The molecule has 3 nitrogen and oxygen atoms in total. The van der Waals surface area contributed by atoms with Crippen molar-refractivity contribution in [1.29, 1.82) is 0 Å². The highest BCUT2D eigenvalue weighted by Crippen LogP contribution is 2.35. The summed E-state index contributed by atoms with van der Waals surface area (Å²) in [5.74, 6) is 1.48. The summed E-state index contributed by atoms with van der Waals surface area (Å²) in [6.07, 6.45) is 8.20. The Bertz CT molecular complexity index is 547. The number of aromatic nitrogens is 2. The minimum absolute atomic E-state index is 0.594. The molecule has 1 aromatic carbocycles. The normalized spacial score (nSPS) is 16.9. The van der Waals surface area contributed by atoms with Gasteiger partial charge in [-0.2, -0.15) is 0 Å². The Morgan fingerprint density at radius 3 is 2.72 bits per heavy atom. The van der Waals surface area contributed by atoms with Crippen LogP contribution in [0.15, 0.2) is 24.5 Å². The van der Waals surface area contributed by atoms with Crippen molar-refractivity contribution in [2.45, 2.75) is 38.0 Å². The molecular weight excluding hydrogens is 224 g/mol. The molecule has 1 fully saturated rings. The van der Waals surface area contributed by atoms with E-state index in [2.05, 4.69) is 16.0 Å². The zero-order valence-electron chi connectivity index (χ0n) is 10.7. The average molecular weight is 242 g/mol. The van der Waals surface area contributed by atoms with Crippen LogP contribution in [0.4, 0.5) is 0 Å². The van der Waals surface area contributed by atoms with Gasteiger partial charge in [-0.1, -0.05) is 19.3 Å². The molecule has 1 aromatic heterocycles. The second-order valence-corrected chi connectivity index (χ2v) is 4.98. The maximum Gasteiger partial charge on any atom is 0.119 e. The zero-order valence-corrected chi connectivity index (χ0v) is 10.7. The van der Waals surface area contributed by atoms with Gasteiger partial charge in [0.05, 0.1) is 18.3 Å². The number of hydrogen-bond acceptors (Lipinski definition) is 3. The summed E-state index contributed by atoms with van der Waals surface area (Å²) in [4.78, 5) is 8.88. The number of benzene rings is 1. The number of hydrogen-bond donors (Lipinski definition) is 0. The summed E-state index contributed by atoms with van der Waals surface area (Å²) in [6, 6.07) is 6.04. The number of fused-ring (bicyclic) bond motifs is 1. The SMILES string of the molecule is COc1ccc2ncnc(C3CCCCC3)c2c1. The lowest BCUT2D eigenvalue weighted by molar-refractivity contribution is 0.415. The molecule has 1 aliphatic carbocycles. The van der Waals surface area contributed by atoms with Crippen molar-refractivity contribution >= 4 is 10.9 Å². The van der Waals surface area contributed by atoms with E-state index in [1.807, 2.05) is 12.1 Å². The molecule has 0 unspecified atom stereocenters. The van der Waals surface area contributed by atoms with E-state index in [4.69, 9.17) is 4.74 Å². The van der Waals surface area contributed by atoms with Crippen molar-refractivity contribution < 1.29 is 4.74 Å². The van der Waals surface area contributed by atoms with Gasteiger partial charge in [0.2, 0.25) is 0 Å². The van der Waals surface area contributed by atoms with Gasteiger partial charge in [0.15, 0.2) is 0 Å². The van der Waals surface area contributed by atoms with Gasteiger partial charge in [-0.25, -0.2) is 9.97 Å². The molecule has 18 heavy (non-hydrogen) atoms. The van der Waals surface area contributed by atoms with Crippen LogP contribution in [-0.4, -0.2) is 17.1 Å². The van der Waals surface area contributed by atoms with Crippen molar-refractivity contribution in [3.05, 3.63) is 30.2 Å². The van der Waals surface area contributed by atoms with Gasteiger partial charge >= 0.3 is 0 Å². The predicted octanol–water partition coefficient (Wildman–Crippen LogP) is 3.69. The van der Waals surface area contributed by atoms with Gasteiger partial charge in [0.1, 0.15) is 12.1 Å². The highest BCUT2D eigenvalue weighted by atomic mass is 16.5. The Labute approximate surface area is 107 Å². The summed E-state index contributed by atoms with van der Waals surface area (Å²) in [5, 5.41) is 1.16. The molecule has 0 N–H and O–H groups in total. The van der Waals surface area contributed by atoms with E-state index in [1.165, 1.54) is 37.8 Å². The Kier molecular flexibility index (Phi) is 3.13. The molecule has 0 bridgehead atoms. The number of ether oxygens (including phenoxy) is 1. The summed E-state index contributed by atoms with van der Waals surface area (Å²) in [5.41, 5.74) is 2.23. The van der Waals surface area contributed by atoms with Crippen molar-refractivity contribution in [2.24, 2.45) is 0 Å². The minimum Gasteiger partial charge on any atom is -0.497 e. The van der Waals surface area contributed by atoms with E-state index in [1.54, 1.807) is 13.4 Å². The predicted molar refractivity (Wildman–Crippen MR) is 71.9 cm³/mol. The second kappa shape index (κ2) is 4.92. The van der Waals surface area contributed by atoms with Gasteiger partial charge < -0.3 is 4.74 Å². The number of methoxy groups -OCH3 is 1. The molecule has 1 heterocycles. The van der Waals surface area contributed by atoms with Crippen molar-refractivity contribution in [1.82, 2.24) is 9.97 Å². The Morgan fingerprint density at radius 1 is 1.11 bits per heavy atom. The molecule has 3 rings (SSSR count). The zero-order chi connectivity index (χ0) is 12.4. The molecule has 94 valence electrons. The summed E-state index contributed by atoms with van der Waals surface area (Å²) < 4.78 is 5.31. The van der Waals surface area contributed by atoms with Crippen molar-refractivity contribution in [3.8, 4) is 5.75 Å². The van der Waals surface area contributed by atoms with Crippen LogP contribution in [0.1, 0.15) is 43.7 Å². The molecule has 0 atom stereocenters. The van der Waals surface area contributed by atoms with E-state index in [9.17, 15) is 0 Å². The fraction of sp³-hybridized carbons (Fsp3) is 0.467. The Morgan fingerprint density at radius 2 is 1.94 bits per heavy atom. The summed E-state index contributed by atoms with van der Waals surface area (Å²) in [6.45, 7) is 0. The molecule has 2 aromatic rings. The van der Waals surface area contributed by atoms with Crippen LogP contribution in [-0.2, 0) is 0 Å². The van der Waals surface area contributed by atoms with E-state index in [0.29, 0.717) is 5.92 Å². The first-order valence-electron chi connectivity index (χ1n) is 6.67. The maximum atomic E-state index is 5.31. The third-order valence-corrected chi connectivity index (χ3v) is 3.87. The number of nitrogens with zero attached hydrogens (tertiary/aromatic N) is 2. The van der Waals surface area contributed by atoms with E-state index in [0.717, 1.165) is 16.7 Å². The summed E-state index contributed by atoms with van der Waals surface area (Å²) >= 11 is 0. The van der Waals surface area contributed by atoms with Gasteiger partial charge in [-0.3, -0.25) is 0 Å². The minimum atomic E-state index is 0.594. The topological polar surface area (TPSA) is 35.0 Å². The van der Waals surface area contributed by atoms with Gasteiger partial charge in [0, 0.05) is 11.3 Å². The average Bonchev–Trinajstić information content (AvgIpc) is 2.47. The molecule has 1 saturated carbocycles. The van der Waals surface area contributed by atoms with Crippen LogP contribution < -0.4 is 4.74 Å². The van der Waals surface area contributed by atoms with Crippen LogP contribution in [0.5, 0.6) is 5.75 Å². The molecule has 0 spiro atoms. The van der Waals surface area contributed by atoms with Crippen LogP contribution in [0, 0.1) is 0 Å². The maximum absolute atomic E-state index is 5.31. The molecular formula is C15H18N2O. The van der Waals surface area contributed by atoms with Crippen molar-refractivity contribution in [3.63, 3.8) is 0 Å². The molecule has 0 aliphatic heterocycles. The fourth-order valence-electron chi connectivity index (χ4n) is 2.88. The van der Waals surface area contributed by atoms with Crippen molar-refractivity contribution in [2.75, 3.05) is 7.11 Å². The van der Waals surface area contributed by atoms with Crippen LogP contribution in [0.25, 0.3) is 10.9 Å². The van der Waals surface area contributed by atoms with Crippen LogP contribution in [0.3, 0.4) is 0 Å². The van der Waals surface area contributed by atoms with E-state index < -0.39 is 0 Å². The first-order chi connectivity index (χ1) is 8.88. The summed E-state index contributed by atoms with van der Waals surface area (Å²) in [7, 11) is 1.70. The Hall–Kier alpha value is -1.64. The molecule has 1 aliphatic rings. The molecule has 0 saturated heterocycles. The van der Waals surface area contributed by atoms with Gasteiger partial charge in [-0.05, 0) is 31.0 Å². The standard InChI is InChI=1S/C15H18N2O/c1-18-12-7-8-14-13(9-12)15(17-10-16-14)11-5-3-2-4-6-11/h7-11H,2-6H2,1H3. The quantitative estimate of drug-likeness (QED) is 0.805. The van der Waals surface area contributed by atoms with Crippen LogP contribution >= 0.6 is 0 Å². The van der Waals surface area contributed by atoms with Gasteiger partial charge in [-0.15, -0.1) is 0 Å². The van der Waals surface area contributed by atoms with E-state index >= 15 is 0 Å². The second-order valence-electron chi connectivity index (χ2n) is 4.98. The lowest BCUT2D eigenvalue weighted by atomic mass is 9.85. The third-order valence-electron chi connectivity index (χ3n) is 3.87. The lowest BCUT2D eigenvalue weighted by Gasteiger charge is -2.22.